The Labute approximate surface area is 135 Å². The standard InChI is InChI=1S/C17H22N4O2/c1-12-14(10-20-21-12)6-4-8-18-17(22)19-11-15-9-13-5-2-3-7-16(13)23-15/h2-3,5,7,10,15H,4,6,8-9,11H2,1H3,(H,20,21)(H2,18,19,22). The summed E-state index contributed by atoms with van der Waals surface area (Å²) < 4.78 is 5.79. The van der Waals surface area contributed by atoms with Crippen molar-refractivity contribution in [3.8, 4) is 5.75 Å². The molecule has 0 radical (unpaired) electrons. The van der Waals surface area contributed by atoms with E-state index >= 15 is 0 Å². The number of urea groups is 1. The molecule has 0 spiro atoms. The molecule has 3 N–H and O–H groups in total. The SMILES string of the molecule is Cc1[nH]ncc1CCCNC(=O)NCC1Cc2ccccc2O1. The Morgan fingerprint density at radius 2 is 2.26 bits per heavy atom. The number of ether oxygens (including phenoxy) is 1. The van der Waals surface area contributed by atoms with Crippen molar-refractivity contribution in [2.75, 3.05) is 13.1 Å². The van der Waals surface area contributed by atoms with Gasteiger partial charge in [-0.3, -0.25) is 5.10 Å². The summed E-state index contributed by atoms with van der Waals surface area (Å²) in [6, 6.07) is 7.85. The lowest BCUT2D eigenvalue weighted by molar-refractivity contribution is 0.214. The van der Waals surface area contributed by atoms with Crippen LogP contribution in [0.3, 0.4) is 0 Å². The van der Waals surface area contributed by atoms with Gasteiger partial charge in [-0.1, -0.05) is 18.2 Å². The lowest BCUT2D eigenvalue weighted by Gasteiger charge is -2.12. The van der Waals surface area contributed by atoms with Crippen LogP contribution in [0.4, 0.5) is 4.79 Å². The van der Waals surface area contributed by atoms with Gasteiger partial charge in [-0.2, -0.15) is 5.10 Å². The fourth-order valence-corrected chi connectivity index (χ4v) is 2.75. The Hall–Kier alpha value is -2.50. The maximum absolute atomic E-state index is 11.8. The van der Waals surface area contributed by atoms with E-state index in [1.807, 2.05) is 31.3 Å². The van der Waals surface area contributed by atoms with Crippen molar-refractivity contribution in [3.63, 3.8) is 0 Å². The van der Waals surface area contributed by atoms with Crippen LogP contribution in [0, 0.1) is 6.92 Å². The first-order valence-corrected chi connectivity index (χ1v) is 7.97. The van der Waals surface area contributed by atoms with E-state index in [-0.39, 0.29) is 12.1 Å². The molecule has 0 saturated heterocycles. The maximum Gasteiger partial charge on any atom is 0.314 e. The first-order chi connectivity index (χ1) is 11.2. The van der Waals surface area contributed by atoms with Gasteiger partial charge in [-0.25, -0.2) is 4.79 Å². The van der Waals surface area contributed by atoms with Crippen molar-refractivity contribution >= 4 is 6.03 Å². The highest BCUT2D eigenvalue weighted by Crippen LogP contribution is 2.27. The number of rotatable bonds is 6. The molecule has 1 aliphatic heterocycles. The molecule has 1 aromatic carbocycles. The predicted octanol–water partition coefficient (Wildman–Crippen LogP) is 1.95. The van der Waals surface area contributed by atoms with Crippen LogP contribution in [-0.4, -0.2) is 35.4 Å². The molecular weight excluding hydrogens is 292 g/mol. The van der Waals surface area contributed by atoms with Crippen LogP contribution in [0.25, 0.3) is 0 Å². The summed E-state index contributed by atoms with van der Waals surface area (Å²) in [7, 11) is 0. The molecular formula is C17H22N4O2. The molecule has 1 atom stereocenters. The Balaban J connectivity index is 1.31. The van der Waals surface area contributed by atoms with Crippen LogP contribution in [0.5, 0.6) is 5.75 Å². The van der Waals surface area contributed by atoms with Crippen LogP contribution in [0.1, 0.15) is 23.2 Å². The third-order valence-electron chi connectivity index (χ3n) is 4.05. The molecule has 0 aliphatic carbocycles. The molecule has 2 heterocycles. The van der Waals surface area contributed by atoms with Gasteiger partial charge in [-0.05, 0) is 37.0 Å². The first kappa shape index (κ1) is 15.4. The number of nitrogens with zero attached hydrogens (tertiary/aromatic N) is 1. The molecule has 6 nitrogen and oxygen atoms in total. The normalized spacial score (nSPS) is 15.8. The number of aromatic amines is 1. The smallest absolute Gasteiger partial charge is 0.314 e. The van der Waals surface area contributed by atoms with Gasteiger partial charge in [-0.15, -0.1) is 0 Å². The van der Waals surface area contributed by atoms with Crippen LogP contribution in [0.2, 0.25) is 0 Å². The van der Waals surface area contributed by atoms with E-state index in [4.69, 9.17) is 4.74 Å². The van der Waals surface area contributed by atoms with Gasteiger partial charge in [0, 0.05) is 18.7 Å². The molecule has 2 aromatic rings. The van der Waals surface area contributed by atoms with E-state index in [1.54, 1.807) is 0 Å². The summed E-state index contributed by atoms with van der Waals surface area (Å²) >= 11 is 0. The zero-order valence-corrected chi connectivity index (χ0v) is 13.3. The molecule has 122 valence electrons. The molecule has 3 rings (SSSR count). The van der Waals surface area contributed by atoms with E-state index in [1.165, 1.54) is 11.1 Å². The fourth-order valence-electron chi connectivity index (χ4n) is 2.75. The average Bonchev–Trinajstić information content (AvgIpc) is 3.15. The van der Waals surface area contributed by atoms with Crippen molar-refractivity contribution in [1.29, 1.82) is 0 Å². The number of aromatic nitrogens is 2. The number of fused-ring (bicyclic) bond motifs is 1. The van der Waals surface area contributed by atoms with Gasteiger partial charge >= 0.3 is 6.03 Å². The third kappa shape index (κ3) is 4.03. The van der Waals surface area contributed by atoms with E-state index in [0.717, 1.165) is 30.7 Å². The maximum atomic E-state index is 11.8. The molecule has 0 saturated carbocycles. The van der Waals surface area contributed by atoms with Gasteiger partial charge < -0.3 is 15.4 Å². The van der Waals surface area contributed by atoms with Crippen molar-refractivity contribution in [2.45, 2.75) is 32.3 Å². The second kappa shape index (κ2) is 7.17. The highest BCUT2D eigenvalue weighted by atomic mass is 16.5. The minimum Gasteiger partial charge on any atom is -0.488 e. The van der Waals surface area contributed by atoms with Crippen molar-refractivity contribution < 1.29 is 9.53 Å². The van der Waals surface area contributed by atoms with Gasteiger partial charge in [0.1, 0.15) is 11.9 Å². The number of hydrogen-bond acceptors (Lipinski definition) is 3. The largest absolute Gasteiger partial charge is 0.488 e. The fraction of sp³-hybridized carbons (Fsp3) is 0.412. The quantitative estimate of drug-likeness (QED) is 0.713. The van der Waals surface area contributed by atoms with E-state index in [9.17, 15) is 4.79 Å². The zero-order chi connectivity index (χ0) is 16.1. The second-order valence-corrected chi connectivity index (χ2v) is 5.81. The van der Waals surface area contributed by atoms with E-state index in [0.29, 0.717) is 13.1 Å². The number of amides is 2. The van der Waals surface area contributed by atoms with Gasteiger partial charge in [0.25, 0.3) is 0 Å². The number of benzene rings is 1. The van der Waals surface area contributed by atoms with Gasteiger partial charge in [0.2, 0.25) is 0 Å². The Kier molecular flexibility index (Phi) is 4.80. The lowest BCUT2D eigenvalue weighted by atomic mass is 10.1. The minimum atomic E-state index is -0.145. The molecule has 1 unspecified atom stereocenters. The number of hydrogen-bond donors (Lipinski definition) is 3. The second-order valence-electron chi connectivity index (χ2n) is 5.81. The lowest BCUT2D eigenvalue weighted by Crippen LogP contribution is -2.41. The monoisotopic (exact) mass is 314 g/mol. The van der Waals surface area contributed by atoms with Gasteiger partial charge in [0.05, 0.1) is 12.7 Å². The van der Waals surface area contributed by atoms with Gasteiger partial charge in [0.15, 0.2) is 0 Å². The molecule has 2 amide bonds. The third-order valence-corrected chi connectivity index (χ3v) is 4.05. The molecule has 1 aromatic heterocycles. The van der Waals surface area contributed by atoms with Crippen molar-refractivity contribution in [2.24, 2.45) is 0 Å². The summed E-state index contributed by atoms with van der Waals surface area (Å²) in [5.41, 5.74) is 3.49. The van der Waals surface area contributed by atoms with Crippen LogP contribution in [-0.2, 0) is 12.8 Å². The Bertz CT molecular complexity index is 643. The van der Waals surface area contributed by atoms with Crippen molar-refractivity contribution in [3.05, 3.63) is 47.3 Å². The summed E-state index contributed by atoms with van der Waals surface area (Å²) in [5.74, 6) is 0.926. The predicted molar refractivity (Wildman–Crippen MR) is 87.6 cm³/mol. The van der Waals surface area contributed by atoms with Crippen LogP contribution >= 0.6 is 0 Å². The summed E-state index contributed by atoms with van der Waals surface area (Å²) in [5, 5.41) is 12.6. The number of para-hydroxylation sites is 1. The summed E-state index contributed by atoms with van der Waals surface area (Å²) in [6.45, 7) is 3.16. The summed E-state index contributed by atoms with van der Waals surface area (Å²) in [6.07, 6.45) is 4.50. The molecule has 0 bridgehead atoms. The van der Waals surface area contributed by atoms with Crippen molar-refractivity contribution in [1.82, 2.24) is 20.8 Å². The number of aryl methyl sites for hydroxylation is 2. The van der Waals surface area contributed by atoms with E-state index in [2.05, 4.69) is 26.9 Å². The highest BCUT2D eigenvalue weighted by Gasteiger charge is 2.22. The Morgan fingerprint density at radius 3 is 3.04 bits per heavy atom. The molecule has 1 aliphatic rings. The van der Waals surface area contributed by atoms with E-state index < -0.39 is 0 Å². The zero-order valence-electron chi connectivity index (χ0n) is 13.3. The molecule has 0 fully saturated rings. The number of carbonyl (C=O) groups is 1. The summed E-state index contributed by atoms with van der Waals surface area (Å²) in [4.78, 5) is 11.8. The van der Waals surface area contributed by atoms with Crippen LogP contribution < -0.4 is 15.4 Å². The first-order valence-electron chi connectivity index (χ1n) is 7.97. The highest BCUT2D eigenvalue weighted by molar-refractivity contribution is 5.73. The number of H-pyrrole nitrogens is 1. The average molecular weight is 314 g/mol. The molecule has 6 heteroatoms. The minimum absolute atomic E-state index is 0.0201. The number of carbonyl (C=O) groups excluding carboxylic acids is 1. The topological polar surface area (TPSA) is 79.0 Å². The molecule has 23 heavy (non-hydrogen) atoms. The number of nitrogens with one attached hydrogen (secondary N) is 3. The van der Waals surface area contributed by atoms with Crippen LogP contribution in [0.15, 0.2) is 30.5 Å². The Morgan fingerprint density at radius 1 is 1.39 bits per heavy atom.